The highest BCUT2D eigenvalue weighted by Gasteiger charge is 2.07. The smallest absolute Gasteiger partial charge is 0.269 e. The number of amides is 1. The standard InChI is InChI=1S/C18H20N4O3/c1-12-5-4-6-13(2)18(12)19-11-17(23)21-20-14(3)15-7-9-16(10-8-15)22(24)25/h4-10,19H,11H2,1-3H3,(H,21,23)/b20-14-. The van der Waals surface area contributed by atoms with Crippen LogP contribution in [0, 0.1) is 24.0 Å². The number of hydrogen-bond acceptors (Lipinski definition) is 5. The lowest BCUT2D eigenvalue weighted by Crippen LogP contribution is -2.27. The SMILES string of the molecule is C/C(=N/NC(=O)CNc1c(C)cccc1C)c1ccc([N+](=O)[O-])cc1. The summed E-state index contributed by atoms with van der Waals surface area (Å²) in [6, 6.07) is 11.9. The van der Waals surface area contributed by atoms with Crippen molar-refractivity contribution >= 4 is 23.0 Å². The largest absolute Gasteiger partial charge is 0.376 e. The number of aryl methyl sites for hydroxylation is 2. The van der Waals surface area contributed by atoms with E-state index < -0.39 is 4.92 Å². The van der Waals surface area contributed by atoms with Crippen molar-refractivity contribution < 1.29 is 9.72 Å². The molecule has 0 aliphatic heterocycles. The number of nitrogens with one attached hydrogen (secondary N) is 2. The van der Waals surface area contributed by atoms with Gasteiger partial charge >= 0.3 is 0 Å². The lowest BCUT2D eigenvalue weighted by molar-refractivity contribution is -0.384. The van der Waals surface area contributed by atoms with E-state index in [4.69, 9.17) is 0 Å². The molecule has 0 fully saturated rings. The highest BCUT2D eigenvalue weighted by Crippen LogP contribution is 2.18. The summed E-state index contributed by atoms with van der Waals surface area (Å²) in [4.78, 5) is 22.1. The molecular formula is C18H20N4O3. The summed E-state index contributed by atoms with van der Waals surface area (Å²) in [6.45, 7) is 5.78. The second-order valence-electron chi connectivity index (χ2n) is 5.66. The number of nitro groups is 1. The van der Waals surface area contributed by atoms with Gasteiger partial charge in [0.25, 0.3) is 11.6 Å². The molecule has 0 heterocycles. The maximum atomic E-state index is 11.9. The molecule has 0 radical (unpaired) electrons. The van der Waals surface area contributed by atoms with Crippen molar-refractivity contribution in [1.29, 1.82) is 0 Å². The molecule has 7 heteroatoms. The minimum Gasteiger partial charge on any atom is -0.376 e. The molecule has 2 aromatic rings. The molecule has 0 aromatic heterocycles. The second kappa shape index (κ2) is 8.05. The maximum absolute atomic E-state index is 11.9. The zero-order chi connectivity index (χ0) is 18.4. The van der Waals surface area contributed by atoms with E-state index in [1.54, 1.807) is 19.1 Å². The number of para-hydroxylation sites is 1. The van der Waals surface area contributed by atoms with E-state index in [1.807, 2.05) is 32.0 Å². The van der Waals surface area contributed by atoms with Crippen molar-refractivity contribution in [2.45, 2.75) is 20.8 Å². The summed E-state index contributed by atoms with van der Waals surface area (Å²) >= 11 is 0. The highest BCUT2D eigenvalue weighted by molar-refractivity contribution is 5.99. The Balaban J connectivity index is 1.94. The van der Waals surface area contributed by atoms with Crippen LogP contribution in [0.15, 0.2) is 47.6 Å². The van der Waals surface area contributed by atoms with Crippen LogP contribution in [-0.2, 0) is 4.79 Å². The van der Waals surface area contributed by atoms with E-state index in [0.717, 1.165) is 16.8 Å². The molecule has 0 spiro atoms. The minimum absolute atomic E-state index is 0.0124. The number of non-ortho nitro benzene ring substituents is 1. The number of anilines is 1. The Morgan fingerprint density at radius 3 is 2.28 bits per heavy atom. The number of nitro benzene ring substituents is 1. The summed E-state index contributed by atoms with van der Waals surface area (Å²) in [5.41, 5.74) is 6.83. The number of rotatable bonds is 6. The lowest BCUT2D eigenvalue weighted by atomic mass is 10.1. The van der Waals surface area contributed by atoms with Crippen LogP contribution in [0.3, 0.4) is 0 Å². The molecule has 0 atom stereocenters. The second-order valence-corrected chi connectivity index (χ2v) is 5.66. The van der Waals surface area contributed by atoms with Gasteiger partial charge in [-0.25, -0.2) is 5.43 Å². The third-order valence-electron chi connectivity index (χ3n) is 3.75. The number of carbonyl (C=O) groups excluding carboxylic acids is 1. The molecule has 7 nitrogen and oxygen atoms in total. The van der Waals surface area contributed by atoms with Crippen LogP contribution in [0.4, 0.5) is 11.4 Å². The van der Waals surface area contributed by atoms with Gasteiger partial charge in [0.05, 0.1) is 17.2 Å². The molecule has 0 saturated carbocycles. The summed E-state index contributed by atoms with van der Waals surface area (Å²) in [6.07, 6.45) is 0. The van der Waals surface area contributed by atoms with Crippen LogP contribution in [0.5, 0.6) is 0 Å². The molecule has 1 amide bonds. The first kappa shape index (κ1) is 18.1. The fraction of sp³-hybridized carbons (Fsp3) is 0.222. The zero-order valence-electron chi connectivity index (χ0n) is 14.4. The maximum Gasteiger partial charge on any atom is 0.269 e. The van der Waals surface area contributed by atoms with Gasteiger partial charge in [-0.15, -0.1) is 0 Å². The molecule has 130 valence electrons. The van der Waals surface area contributed by atoms with E-state index >= 15 is 0 Å². The van der Waals surface area contributed by atoms with Gasteiger partial charge in [-0.1, -0.05) is 18.2 Å². The predicted molar refractivity (Wildman–Crippen MR) is 97.9 cm³/mol. The Hall–Kier alpha value is -3.22. The van der Waals surface area contributed by atoms with Crippen LogP contribution < -0.4 is 10.7 Å². The summed E-state index contributed by atoms with van der Waals surface area (Å²) in [5, 5.41) is 17.8. The van der Waals surface area contributed by atoms with Gasteiger partial charge in [0.1, 0.15) is 0 Å². The van der Waals surface area contributed by atoms with E-state index in [9.17, 15) is 14.9 Å². The average molecular weight is 340 g/mol. The van der Waals surface area contributed by atoms with Gasteiger partial charge in [-0.05, 0) is 49.6 Å². The van der Waals surface area contributed by atoms with Crippen molar-refractivity contribution in [2.24, 2.45) is 5.10 Å². The summed E-state index contributed by atoms with van der Waals surface area (Å²) in [5.74, 6) is -0.274. The number of hydrogen-bond donors (Lipinski definition) is 2. The third-order valence-corrected chi connectivity index (χ3v) is 3.75. The lowest BCUT2D eigenvalue weighted by Gasteiger charge is -2.11. The normalized spacial score (nSPS) is 11.1. The quantitative estimate of drug-likeness (QED) is 0.479. The van der Waals surface area contributed by atoms with Crippen LogP contribution >= 0.6 is 0 Å². The van der Waals surface area contributed by atoms with Gasteiger partial charge in [0, 0.05) is 17.8 Å². The Morgan fingerprint density at radius 2 is 1.72 bits per heavy atom. The van der Waals surface area contributed by atoms with Crippen LogP contribution in [-0.4, -0.2) is 23.1 Å². The van der Waals surface area contributed by atoms with Crippen molar-refractivity contribution in [1.82, 2.24) is 5.43 Å². The summed E-state index contributed by atoms with van der Waals surface area (Å²) < 4.78 is 0. The number of nitrogens with zero attached hydrogens (tertiary/aromatic N) is 2. The van der Waals surface area contributed by atoms with Crippen molar-refractivity contribution in [3.05, 3.63) is 69.3 Å². The molecule has 2 rings (SSSR count). The molecule has 0 bridgehead atoms. The Kier molecular flexibility index (Phi) is 5.84. The van der Waals surface area contributed by atoms with Crippen LogP contribution in [0.2, 0.25) is 0 Å². The topological polar surface area (TPSA) is 96.6 Å². The van der Waals surface area contributed by atoms with E-state index in [2.05, 4.69) is 15.8 Å². The average Bonchev–Trinajstić information content (AvgIpc) is 2.59. The monoisotopic (exact) mass is 340 g/mol. The van der Waals surface area contributed by atoms with Gasteiger partial charge < -0.3 is 5.32 Å². The van der Waals surface area contributed by atoms with Crippen LogP contribution in [0.25, 0.3) is 0 Å². The highest BCUT2D eigenvalue weighted by atomic mass is 16.6. The summed E-state index contributed by atoms with van der Waals surface area (Å²) in [7, 11) is 0. The molecule has 2 N–H and O–H groups in total. The van der Waals surface area contributed by atoms with E-state index in [-0.39, 0.29) is 18.1 Å². The van der Waals surface area contributed by atoms with Crippen molar-refractivity contribution in [3.63, 3.8) is 0 Å². The van der Waals surface area contributed by atoms with Gasteiger partial charge in [-0.2, -0.15) is 5.10 Å². The fourth-order valence-corrected chi connectivity index (χ4v) is 2.34. The predicted octanol–water partition coefficient (Wildman–Crippen LogP) is 3.16. The van der Waals surface area contributed by atoms with E-state index in [0.29, 0.717) is 11.3 Å². The minimum atomic E-state index is -0.461. The Morgan fingerprint density at radius 1 is 1.12 bits per heavy atom. The molecule has 2 aromatic carbocycles. The Bertz CT molecular complexity index is 793. The number of benzene rings is 2. The molecule has 0 unspecified atom stereocenters. The zero-order valence-corrected chi connectivity index (χ0v) is 14.4. The molecule has 0 aliphatic carbocycles. The first-order chi connectivity index (χ1) is 11.9. The molecule has 0 saturated heterocycles. The first-order valence-electron chi connectivity index (χ1n) is 7.76. The van der Waals surface area contributed by atoms with Gasteiger partial charge in [0.15, 0.2) is 0 Å². The fourth-order valence-electron chi connectivity index (χ4n) is 2.34. The molecule has 0 aliphatic rings. The number of carbonyl (C=O) groups is 1. The van der Waals surface area contributed by atoms with Gasteiger partial charge in [0.2, 0.25) is 0 Å². The van der Waals surface area contributed by atoms with Gasteiger partial charge in [-0.3, -0.25) is 14.9 Å². The third kappa shape index (κ3) is 4.87. The van der Waals surface area contributed by atoms with Crippen molar-refractivity contribution in [3.8, 4) is 0 Å². The van der Waals surface area contributed by atoms with Crippen LogP contribution in [0.1, 0.15) is 23.6 Å². The first-order valence-corrected chi connectivity index (χ1v) is 7.76. The Labute approximate surface area is 145 Å². The number of hydrazone groups is 1. The van der Waals surface area contributed by atoms with Crippen molar-refractivity contribution in [2.75, 3.05) is 11.9 Å². The van der Waals surface area contributed by atoms with E-state index in [1.165, 1.54) is 12.1 Å². The molecular weight excluding hydrogens is 320 g/mol. The molecule has 25 heavy (non-hydrogen) atoms.